The van der Waals surface area contributed by atoms with E-state index < -0.39 is 5.97 Å². The van der Waals surface area contributed by atoms with Crippen LogP contribution in [-0.2, 0) is 6.61 Å². The zero-order valence-electron chi connectivity index (χ0n) is 10.9. The molecule has 3 rings (SSSR count). The highest BCUT2D eigenvalue weighted by atomic mass is 79.9. The second-order valence-corrected chi connectivity index (χ2v) is 5.37. The van der Waals surface area contributed by atoms with E-state index in [1.807, 2.05) is 36.4 Å². The maximum atomic E-state index is 11.3. The molecular formula is C16H11BrO4. The number of carboxylic acids is 1. The van der Waals surface area contributed by atoms with Crippen molar-refractivity contribution in [2.45, 2.75) is 6.61 Å². The van der Waals surface area contributed by atoms with Gasteiger partial charge in [-0.3, -0.25) is 0 Å². The maximum absolute atomic E-state index is 11.3. The number of hydrogen-bond acceptors (Lipinski definition) is 3. The molecule has 0 spiro atoms. The van der Waals surface area contributed by atoms with Crippen molar-refractivity contribution in [1.82, 2.24) is 0 Å². The second kappa shape index (κ2) is 5.61. The molecule has 21 heavy (non-hydrogen) atoms. The highest BCUT2D eigenvalue weighted by Gasteiger charge is 2.20. The first kappa shape index (κ1) is 13.7. The van der Waals surface area contributed by atoms with E-state index in [1.54, 1.807) is 12.1 Å². The SMILES string of the molecule is O=C(O)c1oc2ccccc2c1COc1cccc(Br)c1. The van der Waals surface area contributed by atoms with Crippen LogP contribution in [0.4, 0.5) is 0 Å². The molecule has 1 N–H and O–H groups in total. The van der Waals surface area contributed by atoms with Crippen LogP contribution in [0, 0.1) is 0 Å². The largest absolute Gasteiger partial charge is 0.489 e. The van der Waals surface area contributed by atoms with E-state index in [2.05, 4.69) is 15.9 Å². The van der Waals surface area contributed by atoms with Crippen molar-refractivity contribution in [2.24, 2.45) is 0 Å². The van der Waals surface area contributed by atoms with Crippen molar-refractivity contribution in [3.8, 4) is 5.75 Å². The van der Waals surface area contributed by atoms with Crippen molar-refractivity contribution < 1.29 is 19.1 Å². The molecule has 0 unspecified atom stereocenters. The number of hydrogen-bond donors (Lipinski definition) is 1. The van der Waals surface area contributed by atoms with Gasteiger partial charge in [-0.1, -0.05) is 40.2 Å². The molecule has 0 radical (unpaired) electrons. The third kappa shape index (κ3) is 2.78. The number of para-hydroxylation sites is 1. The molecule has 1 heterocycles. The molecule has 0 aliphatic heterocycles. The summed E-state index contributed by atoms with van der Waals surface area (Å²) in [6, 6.07) is 14.6. The number of carboxylic acid groups (broad SMARTS) is 1. The molecule has 106 valence electrons. The molecule has 0 saturated carbocycles. The summed E-state index contributed by atoms with van der Waals surface area (Å²) < 4.78 is 12.0. The number of furan rings is 1. The fourth-order valence-electron chi connectivity index (χ4n) is 2.13. The van der Waals surface area contributed by atoms with Gasteiger partial charge in [0.05, 0.1) is 5.56 Å². The molecule has 3 aromatic rings. The minimum Gasteiger partial charge on any atom is -0.489 e. The molecule has 0 amide bonds. The molecule has 4 nitrogen and oxygen atoms in total. The summed E-state index contributed by atoms with van der Waals surface area (Å²) in [6.45, 7) is 0.134. The van der Waals surface area contributed by atoms with Crippen LogP contribution in [0.1, 0.15) is 16.1 Å². The first-order valence-electron chi connectivity index (χ1n) is 6.27. The van der Waals surface area contributed by atoms with E-state index in [-0.39, 0.29) is 12.4 Å². The van der Waals surface area contributed by atoms with Crippen LogP contribution in [0.15, 0.2) is 57.4 Å². The quantitative estimate of drug-likeness (QED) is 0.756. The minimum absolute atomic E-state index is 0.0776. The van der Waals surface area contributed by atoms with Crippen LogP contribution in [0.3, 0.4) is 0 Å². The van der Waals surface area contributed by atoms with Gasteiger partial charge in [-0.15, -0.1) is 0 Å². The number of rotatable bonds is 4. The van der Waals surface area contributed by atoms with E-state index in [0.29, 0.717) is 16.9 Å². The molecule has 0 fully saturated rings. The molecule has 0 aliphatic carbocycles. The summed E-state index contributed by atoms with van der Waals surface area (Å²) in [5.41, 5.74) is 1.08. The lowest BCUT2D eigenvalue weighted by Gasteiger charge is -2.06. The number of benzene rings is 2. The molecule has 5 heteroatoms. The smallest absolute Gasteiger partial charge is 0.372 e. The zero-order valence-corrected chi connectivity index (χ0v) is 12.5. The number of aromatic carboxylic acids is 1. The van der Waals surface area contributed by atoms with Crippen molar-refractivity contribution in [3.05, 3.63) is 64.3 Å². The van der Waals surface area contributed by atoms with E-state index in [1.165, 1.54) is 0 Å². The van der Waals surface area contributed by atoms with Gasteiger partial charge in [-0.05, 0) is 24.3 Å². The molecule has 0 aliphatic rings. The Labute approximate surface area is 129 Å². The molecule has 1 aromatic heterocycles. The normalized spacial score (nSPS) is 10.7. The first-order chi connectivity index (χ1) is 10.1. The highest BCUT2D eigenvalue weighted by Crippen LogP contribution is 2.27. The predicted octanol–water partition coefficient (Wildman–Crippen LogP) is 4.47. The lowest BCUT2D eigenvalue weighted by molar-refractivity contribution is 0.0661. The minimum atomic E-state index is -1.10. The van der Waals surface area contributed by atoms with Crippen LogP contribution in [-0.4, -0.2) is 11.1 Å². The Bertz CT molecular complexity index is 807. The van der Waals surface area contributed by atoms with E-state index in [4.69, 9.17) is 9.15 Å². The summed E-state index contributed by atoms with van der Waals surface area (Å²) >= 11 is 3.37. The standard InChI is InChI=1S/C16H11BrO4/c17-10-4-3-5-11(8-10)20-9-13-12-6-1-2-7-14(12)21-15(13)16(18)19/h1-8H,9H2,(H,18,19). The third-order valence-corrected chi connectivity index (χ3v) is 3.57. The van der Waals surface area contributed by atoms with E-state index >= 15 is 0 Å². The van der Waals surface area contributed by atoms with Crippen molar-refractivity contribution in [1.29, 1.82) is 0 Å². The van der Waals surface area contributed by atoms with E-state index in [0.717, 1.165) is 9.86 Å². The Morgan fingerprint density at radius 1 is 1.19 bits per heavy atom. The lowest BCUT2D eigenvalue weighted by atomic mass is 10.1. The summed E-state index contributed by atoms with van der Waals surface area (Å²) in [7, 11) is 0. The first-order valence-corrected chi connectivity index (χ1v) is 7.06. The Morgan fingerprint density at radius 2 is 2.00 bits per heavy atom. The molecule has 0 bridgehead atoms. The van der Waals surface area contributed by atoms with Crippen LogP contribution in [0.25, 0.3) is 11.0 Å². The summed E-state index contributed by atoms with van der Waals surface area (Å²) in [5, 5.41) is 10.0. The topological polar surface area (TPSA) is 59.7 Å². The molecule has 0 saturated heterocycles. The fraction of sp³-hybridized carbons (Fsp3) is 0.0625. The number of carbonyl (C=O) groups is 1. The zero-order chi connectivity index (χ0) is 14.8. The Balaban J connectivity index is 1.95. The molecule has 2 aromatic carbocycles. The van der Waals surface area contributed by atoms with Crippen molar-refractivity contribution >= 4 is 32.9 Å². The van der Waals surface area contributed by atoms with Crippen LogP contribution in [0.5, 0.6) is 5.75 Å². The molecular weight excluding hydrogens is 336 g/mol. The van der Waals surface area contributed by atoms with Gasteiger partial charge < -0.3 is 14.3 Å². The van der Waals surface area contributed by atoms with Crippen molar-refractivity contribution in [3.63, 3.8) is 0 Å². The van der Waals surface area contributed by atoms with Crippen LogP contribution < -0.4 is 4.74 Å². The van der Waals surface area contributed by atoms with Gasteiger partial charge in [0.1, 0.15) is 17.9 Å². The molecule has 0 atom stereocenters. The third-order valence-electron chi connectivity index (χ3n) is 3.07. The van der Waals surface area contributed by atoms with Crippen molar-refractivity contribution in [2.75, 3.05) is 0 Å². The average molecular weight is 347 g/mol. The van der Waals surface area contributed by atoms with Gasteiger partial charge in [0.2, 0.25) is 5.76 Å². The highest BCUT2D eigenvalue weighted by molar-refractivity contribution is 9.10. The summed E-state index contributed by atoms with van der Waals surface area (Å²) in [5.74, 6) is -0.517. The van der Waals surface area contributed by atoms with Crippen LogP contribution in [0.2, 0.25) is 0 Å². The van der Waals surface area contributed by atoms with Gasteiger partial charge in [-0.25, -0.2) is 4.79 Å². The number of fused-ring (bicyclic) bond motifs is 1. The Kier molecular flexibility index (Phi) is 3.66. The lowest BCUT2D eigenvalue weighted by Crippen LogP contribution is -2.03. The number of halogens is 1. The van der Waals surface area contributed by atoms with Gasteiger partial charge in [-0.2, -0.15) is 0 Å². The van der Waals surface area contributed by atoms with Gasteiger partial charge in [0, 0.05) is 9.86 Å². The number of ether oxygens (including phenoxy) is 1. The Morgan fingerprint density at radius 3 is 2.76 bits per heavy atom. The Hall–Kier alpha value is -2.27. The second-order valence-electron chi connectivity index (χ2n) is 4.46. The van der Waals surface area contributed by atoms with Gasteiger partial charge >= 0.3 is 5.97 Å². The fourth-order valence-corrected chi connectivity index (χ4v) is 2.51. The van der Waals surface area contributed by atoms with E-state index in [9.17, 15) is 9.90 Å². The van der Waals surface area contributed by atoms with Crippen LogP contribution >= 0.6 is 15.9 Å². The monoisotopic (exact) mass is 346 g/mol. The maximum Gasteiger partial charge on any atom is 0.372 e. The predicted molar refractivity (Wildman–Crippen MR) is 81.6 cm³/mol. The van der Waals surface area contributed by atoms with Gasteiger partial charge in [0.15, 0.2) is 0 Å². The van der Waals surface area contributed by atoms with Gasteiger partial charge in [0.25, 0.3) is 0 Å². The summed E-state index contributed by atoms with van der Waals surface area (Å²) in [4.78, 5) is 11.3. The average Bonchev–Trinajstić information content (AvgIpc) is 2.84. The summed E-state index contributed by atoms with van der Waals surface area (Å²) in [6.07, 6.45) is 0.